The second-order valence-corrected chi connectivity index (χ2v) is 3.36. The van der Waals surface area contributed by atoms with E-state index < -0.39 is 0 Å². The first-order valence-corrected chi connectivity index (χ1v) is 5.08. The van der Waals surface area contributed by atoms with Gasteiger partial charge in [0.05, 0.1) is 7.11 Å². The van der Waals surface area contributed by atoms with Gasteiger partial charge in [-0.1, -0.05) is 6.07 Å². The van der Waals surface area contributed by atoms with E-state index in [-0.39, 0.29) is 0 Å². The number of aromatic nitrogens is 3. The molecule has 0 amide bonds. The van der Waals surface area contributed by atoms with E-state index >= 15 is 0 Å². The van der Waals surface area contributed by atoms with E-state index in [1.54, 1.807) is 12.4 Å². The highest BCUT2D eigenvalue weighted by Gasteiger charge is 2.07. The summed E-state index contributed by atoms with van der Waals surface area (Å²) in [6, 6.07) is 3.84. The summed E-state index contributed by atoms with van der Waals surface area (Å²) in [6.07, 6.45) is 4.91. The first kappa shape index (κ1) is 11.1. The average Bonchev–Trinajstić information content (AvgIpc) is 2.39. The van der Waals surface area contributed by atoms with Crippen LogP contribution in [-0.4, -0.2) is 22.1 Å². The molecule has 0 atom stereocenters. The maximum atomic E-state index is 5.83. The number of hydrogen-bond acceptors (Lipinski definition) is 6. The van der Waals surface area contributed by atoms with Crippen LogP contribution in [0.2, 0.25) is 0 Å². The number of hydrogen-bond donors (Lipinski definition) is 2. The van der Waals surface area contributed by atoms with Gasteiger partial charge in [0.15, 0.2) is 5.82 Å². The van der Waals surface area contributed by atoms with E-state index in [1.807, 2.05) is 12.1 Å². The van der Waals surface area contributed by atoms with Gasteiger partial charge in [0.1, 0.15) is 12.0 Å². The van der Waals surface area contributed by atoms with Crippen LogP contribution >= 0.6 is 0 Å². The van der Waals surface area contributed by atoms with Gasteiger partial charge in [-0.3, -0.25) is 4.98 Å². The third-order valence-electron chi connectivity index (χ3n) is 2.22. The number of nitrogens with one attached hydrogen (secondary N) is 1. The molecular formula is C11H13N5O. The van der Waals surface area contributed by atoms with Gasteiger partial charge in [0.2, 0.25) is 5.88 Å². The van der Waals surface area contributed by atoms with Gasteiger partial charge in [-0.25, -0.2) is 4.98 Å². The lowest BCUT2D eigenvalue weighted by Gasteiger charge is -2.09. The van der Waals surface area contributed by atoms with Gasteiger partial charge in [-0.2, -0.15) is 4.98 Å². The van der Waals surface area contributed by atoms with Crippen molar-refractivity contribution in [2.75, 3.05) is 18.2 Å². The molecule has 2 aromatic heterocycles. The fourth-order valence-corrected chi connectivity index (χ4v) is 1.37. The Morgan fingerprint density at radius 2 is 2.29 bits per heavy atom. The summed E-state index contributed by atoms with van der Waals surface area (Å²) < 4.78 is 5.01. The smallest absolute Gasteiger partial charge is 0.242 e. The van der Waals surface area contributed by atoms with Gasteiger partial charge in [-0.15, -0.1) is 0 Å². The molecule has 2 aromatic rings. The Morgan fingerprint density at radius 3 is 3.00 bits per heavy atom. The van der Waals surface area contributed by atoms with Gasteiger partial charge in [0, 0.05) is 18.9 Å². The van der Waals surface area contributed by atoms with Crippen molar-refractivity contribution in [3.05, 3.63) is 36.4 Å². The molecule has 0 bridgehead atoms. The Kier molecular flexibility index (Phi) is 3.34. The van der Waals surface area contributed by atoms with Gasteiger partial charge in [-0.05, 0) is 11.6 Å². The van der Waals surface area contributed by atoms with Crippen molar-refractivity contribution in [1.29, 1.82) is 0 Å². The predicted octanol–water partition coefficient (Wildman–Crippen LogP) is 1.07. The van der Waals surface area contributed by atoms with E-state index in [0.717, 1.165) is 5.56 Å². The first-order valence-electron chi connectivity index (χ1n) is 5.08. The van der Waals surface area contributed by atoms with Crippen molar-refractivity contribution in [1.82, 2.24) is 15.0 Å². The van der Waals surface area contributed by atoms with Crippen LogP contribution in [0.15, 0.2) is 30.9 Å². The second kappa shape index (κ2) is 5.11. The highest BCUT2D eigenvalue weighted by molar-refractivity contribution is 5.66. The molecule has 0 aromatic carbocycles. The molecule has 2 rings (SSSR count). The number of anilines is 2. The number of ether oxygens (including phenoxy) is 1. The highest BCUT2D eigenvalue weighted by Crippen LogP contribution is 2.24. The lowest BCUT2D eigenvalue weighted by molar-refractivity contribution is 0.399. The largest absolute Gasteiger partial charge is 0.479 e. The number of rotatable bonds is 4. The molecule has 17 heavy (non-hydrogen) atoms. The molecule has 3 N–H and O–H groups in total. The van der Waals surface area contributed by atoms with E-state index in [4.69, 9.17) is 10.5 Å². The van der Waals surface area contributed by atoms with Gasteiger partial charge in [0.25, 0.3) is 0 Å². The zero-order chi connectivity index (χ0) is 12.1. The lowest BCUT2D eigenvalue weighted by Crippen LogP contribution is -2.06. The van der Waals surface area contributed by atoms with E-state index in [1.165, 1.54) is 13.4 Å². The van der Waals surface area contributed by atoms with E-state index in [0.29, 0.717) is 23.9 Å². The molecule has 88 valence electrons. The summed E-state index contributed by atoms with van der Waals surface area (Å²) in [5.41, 5.74) is 7.28. The van der Waals surface area contributed by atoms with Crippen LogP contribution in [0.4, 0.5) is 11.5 Å². The monoisotopic (exact) mass is 231 g/mol. The number of nitrogen functional groups attached to an aromatic ring is 1. The average molecular weight is 231 g/mol. The molecule has 0 unspecified atom stereocenters. The minimum atomic E-state index is 0.369. The van der Waals surface area contributed by atoms with Gasteiger partial charge < -0.3 is 15.8 Å². The summed E-state index contributed by atoms with van der Waals surface area (Å²) in [4.78, 5) is 12.0. The van der Waals surface area contributed by atoms with Crippen LogP contribution in [0.3, 0.4) is 0 Å². The Bertz CT molecular complexity index is 488. The SMILES string of the molecule is COc1ncnc(NCc2cccnc2)c1N. The fraction of sp³-hybridized carbons (Fsp3) is 0.182. The molecule has 0 radical (unpaired) electrons. The van der Waals surface area contributed by atoms with Crippen molar-refractivity contribution in [2.24, 2.45) is 0 Å². The summed E-state index contributed by atoms with van der Waals surface area (Å²) in [6.45, 7) is 0.595. The van der Waals surface area contributed by atoms with Crippen molar-refractivity contribution >= 4 is 11.5 Å². The standard InChI is InChI=1S/C11H13N5O/c1-17-11-9(12)10(15-7-16-11)14-6-8-3-2-4-13-5-8/h2-5,7H,6,12H2,1H3,(H,14,15,16). The summed E-state index contributed by atoms with van der Waals surface area (Å²) in [7, 11) is 1.52. The summed E-state index contributed by atoms with van der Waals surface area (Å²) in [5, 5.41) is 3.11. The Hall–Kier alpha value is -2.37. The molecule has 0 saturated heterocycles. The van der Waals surface area contributed by atoms with Crippen molar-refractivity contribution in [2.45, 2.75) is 6.54 Å². The van der Waals surface area contributed by atoms with Crippen LogP contribution in [0.5, 0.6) is 5.88 Å². The summed E-state index contributed by atoms with van der Waals surface area (Å²) >= 11 is 0. The van der Waals surface area contributed by atoms with Crippen molar-refractivity contribution in [3.63, 3.8) is 0 Å². The topological polar surface area (TPSA) is 86.0 Å². The Labute approximate surface area is 98.9 Å². The molecule has 6 nitrogen and oxygen atoms in total. The third kappa shape index (κ3) is 2.60. The molecule has 0 aliphatic heterocycles. The van der Waals surface area contributed by atoms with Crippen LogP contribution in [0.25, 0.3) is 0 Å². The van der Waals surface area contributed by atoms with Crippen LogP contribution in [0, 0.1) is 0 Å². The maximum Gasteiger partial charge on any atom is 0.242 e. The van der Waals surface area contributed by atoms with Crippen LogP contribution in [-0.2, 0) is 6.54 Å². The fourth-order valence-electron chi connectivity index (χ4n) is 1.37. The quantitative estimate of drug-likeness (QED) is 0.818. The molecule has 0 fully saturated rings. The zero-order valence-corrected chi connectivity index (χ0v) is 9.42. The highest BCUT2D eigenvalue weighted by atomic mass is 16.5. The first-order chi connectivity index (χ1) is 8.31. The minimum Gasteiger partial charge on any atom is -0.479 e. The van der Waals surface area contributed by atoms with E-state index in [9.17, 15) is 0 Å². The minimum absolute atomic E-state index is 0.369. The molecule has 2 heterocycles. The van der Waals surface area contributed by atoms with Crippen molar-refractivity contribution in [3.8, 4) is 5.88 Å². The van der Waals surface area contributed by atoms with Crippen molar-refractivity contribution < 1.29 is 4.74 Å². The lowest BCUT2D eigenvalue weighted by atomic mass is 10.3. The maximum absolute atomic E-state index is 5.83. The number of nitrogens with two attached hydrogens (primary N) is 1. The Balaban J connectivity index is 2.09. The van der Waals surface area contributed by atoms with Gasteiger partial charge >= 0.3 is 0 Å². The number of methoxy groups -OCH3 is 1. The second-order valence-electron chi connectivity index (χ2n) is 3.36. The molecular weight excluding hydrogens is 218 g/mol. The Morgan fingerprint density at radius 1 is 1.41 bits per heavy atom. The molecule has 0 saturated carbocycles. The van der Waals surface area contributed by atoms with Crippen LogP contribution in [0.1, 0.15) is 5.56 Å². The molecule has 0 aliphatic carbocycles. The van der Waals surface area contributed by atoms with E-state index in [2.05, 4.69) is 20.3 Å². The molecule has 0 spiro atoms. The number of pyridine rings is 1. The zero-order valence-electron chi connectivity index (χ0n) is 9.42. The normalized spacial score (nSPS) is 9.94. The van der Waals surface area contributed by atoms with Crippen LogP contribution < -0.4 is 15.8 Å². The summed E-state index contributed by atoms with van der Waals surface area (Å²) in [5.74, 6) is 0.925. The molecule has 0 aliphatic rings. The number of nitrogens with zero attached hydrogens (tertiary/aromatic N) is 3. The third-order valence-corrected chi connectivity index (χ3v) is 2.22. The molecule has 6 heteroatoms. The predicted molar refractivity (Wildman–Crippen MR) is 64.6 cm³/mol.